The van der Waals surface area contributed by atoms with Crippen LogP contribution >= 0.6 is 11.3 Å². The Labute approximate surface area is 170 Å². The minimum atomic E-state index is -0.309. The summed E-state index contributed by atoms with van der Waals surface area (Å²) < 4.78 is 1.94. The third-order valence-electron chi connectivity index (χ3n) is 4.69. The Morgan fingerprint density at radius 1 is 1.17 bits per heavy atom. The zero-order valence-corrected chi connectivity index (χ0v) is 16.5. The lowest BCUT2D eigenvalue weighted by molar-refractivity contribution is 0.262. The van der Waals surface area contributed by atoms with Crippen LogP contribution in [0.5, 0.6) is 0 Å². The molecular formula is C19H18N8OS. The van der Waals surface area contributed by atoms with E-state index in [1.54, 1.807) is 18.7 Å². The van der Waals surface area contributed by atoms with Crippen LogP contribution in [0.25, 0.3) is 11.0 Å². The molecule has 0 bridgehead atoms. The maximum atomic E-state index is 12.2. The van der Waals surface area contributed by atoms with E-state index in [1.165, 1.54) is 11.3 Å². The first kappa shape index (κ1) is 17.6. The van der Waals surface area contributed by atoms with E-state index in [0.717, 1.165) is 46.1 Å². The van der Waals surface area contributed by atoms with E-state index in [9.17, 15) is 4.79 Å². The predicted octanol–water partition coefficient (Wildman–Crippen LogP) is 3.26. The maximum Gasteiger partial charge on any atom is 0.325 e. The molecule has 29 heavy (non-hydrogen) atoms. The third-order valence-corrected chi connectivity index (χ3v) is 5.58. The fourth-order valence-electron chi connectivity index (χ4n) is 3.39. The number of nitrogens with zero attached hydrogens (tertiary/aromatic N) is 6. The van der Waals surface area contributed by atoms with Crippen LogP contribution in [-0.4, -0.2) is 37.3 Å². The first-order chi connectivity index (χ1) is 14.2. The van der Waals surface area contributed by atoms with Crippen molar-refractivity contribution < 1.29 is 4.79 Å². The molecule has 0 fully saturated rings. The number of nitrogens with one attached hydrogen (secondary N) is 2. The molecule has 146 valence electrons. The monoisotopic (exact) mass is 406 g/mol. The zero-order valence-electron chi connectivity index (χ0n) is 15.7. The fourth-order valence-corrected chi connectivity index (χ4v) is 4.22. The summed E-state index contributed by atoms with van der Waals surface area (Å²) in [7, 11) is 0. The number of carbonyl (C=O) groups is 1. The second-order valence-corrected chi connectivity index (χ2v) is 7.92. The van der Waals surface area contributed by atoms with Gasteiger partial charge in [0.05, 0.1) is 19.3 Å². The molecule has 4 aromatic rings. The second-order valence-electron chi connectivity index (χ2n) is 6.80. The van der Waals surface area contributed by atoms with E-state index in [0.29, 0.717) is 11.7 Å². The summed E-state index contributed by atoms with van der Waals surface area (Å²) in [5.74, 6) is 0.874. The number of carbonyl (C=O) groups excluding carboxylic acids is 1. The lowest BCUT2D eigenvalue weighted by Gasteiger charge is -2.27. The molecule has 0 unspecified atom stereocenters. The van der Waals surface area contributed by atoms with Gasteiger partial charge in [0.1, 0.15) is 17.4 Å². The van der Waals surface area contributed by atoms with Crippen molar-refractivity contribution >= 4 is 45.0 Å². The average Bonchev–Trinajstić information content (AvgIpc) is 3.32. The van der Waals surface area contributed by atoms with E-state index < -0.39 is 0 Å². The number of benzene rings is 1. The second kappa shape index (κ2) is 7.13. The summed E-state index contributed by atoms with van der Waals surface area (Å²) >= 11 is 1.45. The highest BCUT2D eigenvalue weighted by Crippen LogP contribution is 2.29. The summed E-state index contributed by atoms with van der Waals surface area (Å²) in [5.41, 5.74) is 3.64. The Bertz CT molecular complexity index is 1200. The van der Waals surface area contributed by atoms with E-state index in [2.05, 4.69) is 35.6 Å². The van der Waals surface area contributed by atoms with Crippen molar-refractivity contribution in [3.63, 3.8) is 0 Å². The van der Waals surface area contributed by atoms with Crippen LogP contribution in [0, 0.1) is 6.92 Å². The highest BCUT2D eigenvalue weighted by atomic mass is 32.1. The lowest BCUT2D eigenvalue weighted by atomic mass is 10.2. The van der Waals surface area contributed by atoms with Gasteiger partial charge in [0, 0.05) is 23.3 Å². The molecule has 5 rings (SSSR count). The SMILES string of the molecule is Cc1cccc(NC(=O)Nc2ncc(CN3CCn4ncc5ncnc3c54)s2)c1. The molecule has 0 radical (unpaired) electrons. The number of urea groups is 1. The highest BCUT2D eigenvalue weighted by Gasteiger charge is 2.22. The molecule has 9 nitrogen and oxygen atoms in total. The molecule has 2 N–H and O–H groups in total. The van der Waals surface area contributed by atoms with E-state index in [4.69, 9.17) is 0 Å². The van der Waals surface area contributed by atoms with Crippen molar-refractivity contribution in [2.45, 2.75) is 20.0 Å². The molecule has 3 aromatic heterocycles. The molecule has 0 saturated carbocycles. The van der Waals surface area contributed by atoms with Gasteiger partial charge in [-0.2, -0.15) is 5.10 Å². The Morgan fingerprint density at radius 3 is 3.00 bits per heavy atom. The van der Waals surface area contributed by atoms with E-state index >= 15 is 0 Å². The largest absolute Gasteiger partial charge is 0.348 e. The molecule has 1 aliphatic rings. The molecule has 0 spiro atoms. The van der Waals surface area contributed by atoms with Gasteiger partial charge in [-0.25, -0.2) is 19.7 Å². The first-order valence-corrected chi connectivity index (χ1v) is 9.98. The molecule has 1 aliphatic heterocycles. The molecule has 1 aromatic carbocycles. The topological polar surface area (TPSA) is 101 Å². The predicted molar refractivity (Wildman–Crippen MR) is 112 cm³/mol. The summed E-state index contributed by atoms with van der Waals surface area (Å²) in [6, 6.07) is 7.34. The van der Waals surface area contributed by atoms with Crippen molar-refractivity contribution in [1.29, 1.82) is 0 Å². The summed E-state index contributed by atoms with van der Waals surface area (Å²) in [6.45, 7) is 4.23. The number of hydrogen-bond acceptors (Lipinski definition) is 7. The molecule has 2 amide bonds. The van der Waals surface area contributed by atoms with Crippen LogP contribution in [0.4, 0.5) is 21.4 Å². The average molecular weight is 406 g/mol. The van der Waals surface area contributed by atoms with Crippen LogP contribution in [0.3, 0.4) is 0 Å². The zero-order chi connectivity index (χ0) is 19.8. The molecule has 0 saturated heterocycles. The van der Waals surface area contributed by atoms with Crippen LogP contribution in [0.15, 0.2) is 43.0 Å². The Hall–Kier alpha value is -3.53. The number of aryl methyl sites for hydroxylation is 1. The van der Waals surface area contributed by atoms with Crippen molar-refractivity contribution in [2.75, 3.05) is 22.1 Å². The minimum Gasteiger partial charge on any atom is -0.348 e. The van der Waals surface area contributed by atoms with Crippen molar-refractivity contribution in [2.24, 2.45) is 0 Å². The Balaban J connectivity index is 1.27. The molecule has 0 aliphatic carbocycles. The summed E-state index contributed by atoms with van der Waals surface area (Å²) in [4.78, 5) is 28.5. The van der Waals surface area contributed by atoms with Gasteiger partial charge in [-0.05, 0) is 24.6 Å². The lowest BCUT2D eigenvalue weighted by Crippen LogP contribution is -2.32. The van der Waals surface area contributed by atoms with E-state index in [1.807, 2.05) is 35.9 Å². The molecule has 0 atom stereocenters. The van der Waals surface area contributed by atoms with Gasteiger partial charge in [-0.15, -0.1) is 0 Å². The number of hydrogen-bond donors (Lipinski definition) is 2. The Morgan fingerprint density at radius 2 is 2.10 bits per heavy atom. The number of thiazole rings is 1. The van der Waals surface area contributed by atoms with Gasteiger partial charge in [-0.3, -0.25) is 10.00 Å². The van der Waals surface area contributed by atoms with Crippen molar-refractivity contribution in [3.05, 3.63) is 53.4 Å². The van der Waals surface area contributed by atoms with Gasteiger partial charge in [-0.1, -0.05) is 23.5 Å². The van der Waals surface area contributed by atoms with Crippen LogP contribution in [0.1, 0.15) is 10.4 Å². The van der Waals surface area contributed by atoms with Crippen molar-refractivity contribution in [1.82, 2.24) is 24.7 Å². The van der Waals surface area contributed by atoms with Gasteiger partial charge in [0.25, 0.3) is 0 Å². The standard InChI is InChI=1S/C19H18N8OS/c1-12-3-2-4-13(7-12)24-18(28)25-19-20-8-14(29-19)10-26-5-6-27-16-15(9-23-27)21-11-22-17(16)26/h2-4,7-9,11H,5-6,10H2,1H3,(H2,20,24,25,28). The summed E-state index contributed by atoms with van der Waals surface area (Å²) in [6.07, 6.45) is 5.13. The van der Waals surface area contributed by atoms with E-state index in [-0.39, 0.29) is 6.03 Å². The summed E-state index contributed by atoms with van der Waals surface area (Å²) in [5, 5.41) is 10.5. The molecule has 10 heteroatoms. The number of anilines is 3. The van der Waals surface area contributed by atoms with Gasteiger partial charge >= 0.3 is 6.03 Å². The van der Waals surface area contributed by atoms with Gasteiger partial charge in [0.2, 0.25) is 0 Å². The fraction of sp³-hybridized carbons (Fsp3) is 0.211. The number of aromatic nitrogens is 5. The quantitative estimate of drug-likeness (QED) is 0.540. The van der Waals surface area contributed by atoms with Crippen molar-refractivity contribution in [3.8, 4) is 0 Å². The maximum absolute atomic E-state index is 12.2. The normalized spacial score (nSPS) is 12.9. The minimum absolute atomic E-state index is 0.309. The highest BCUT2D eigenvalue weighted by molar-refractivity contribution is 7.15. The molecule has 4 heterocycles. The van der Waals surface area contributed by atoms with Crippen LogP contribution in [-0.2, 0) is 13.1 Å². The number of rotatable bonds is 4. The van der Waals surface area contributed by atoms with Gasteiger partial charge in [0.15, 0.2) is 10.9 Å². The molecular weight excluding hydrogens is 388 g/mol. The smallest absolute Gasteiger partial charge is 0.325 e. The van der Waals surface area contributed by atoms with Crippen LogP contribution < -0.4 is 15.5 Å². The van der Waals surface area contributed by atoms with Gasteiger partial charge < -0.3 is 10.2 Å². The third kappa shape index (κ3) is 3.49. The van der Waals surface area contributed by atoms with Crippen LogP contribution in [0.2, 0.25) is 0 Å². The number of amides is 2. The Kier molecular flexibility index (Phi) is 4.32. The first-order valence-electron chi connectivity index (χ1n) is 9.16.